The van der Waals surface area contributed by atoms with Crippen molar-refractivity contribution in [2.75, 3.05) is 12.8 Å². The summed E-state index contributed by atoms with van der Waals surface area (Å²) in [6.45, 7) is 2.97. The molecule has 0 aliphatic heterocycles. The highest BCUT2D eigenvalue weighted by atomic mass is 19.1. The van der Waals surface area contributed by atoms with Crippen molar-refractivity contribution in [3.63, 3.8) is 0 Å². The fourth-order valence-electron chi connectivity index (χ4n) is 2.15. The Labute approximate surface area is 117 Å². The molecule has 0 saturated carbocycles. The number of carbonyl (C=O) groups excluding carboxylic acids is 1. The van der Waals surface area contributed by atoms with Gasteiger partial charge in [-0.25, -0.2) is 4.39 Å². The SMILES string of the molecule is CCn1cc(N)cc1C(=O)N(C)Cc1cccc(F)c1. The number of nitrogens with zero attached hydrogens (tertiary/aromatic N) is 2. The van der Waals surface area contributed by atoms with Gasteiger partial charge in [-0.1, -0.05) is 12.1 Å². The molecule has 1 aromatic carbocycles. The topological polar surface area (TPSA) is 51.3 Å². The first-order chi connectivity index (χ1) is 9.51. The van der Waals surface area contributed by atoms with Gasteiger partial charge in [-0.05, 0) is 30.7 Å². The van der Waals surface area contributed by atoms with E-state index in [1.165, 1.54) is 12.1 Å². The number of anilines is 1. The zero-order chi connectivity index (χ0) is 14.7. The summed E-state index contributed by atoms with van der Waals surface area (Å²) >= 11 is 0. The number of hydrogen-bond acceptors (Lipinski definition) is 2. The fraction of sp³-hybridized carbons (Fsp3) is 0.267. The number of nitrogen functional groups attached to an aromatic ring is 1. The van der Waals surface area contributed by atoms with Gasteiger partial charge in [0.1, 0.15) is 11.5 Å². The summed E-state index contributed by atoms with van der Waals surface area (Å²) in [5.74, 6) is -0.433. The molecule has 0 radical (unpaired) electrons. The summed E-state index contributed by atoms with van der Waals surface area (Å²) in [4.78, 5) is 13.9. The maximum atomic E-state index is 13.1. The number of nitrogens with two attached hydrogens (primary N) is 1. The maximum absolute atomic E-state index is 13.1. The first-order valence-corrected chi connectivity index (χ1v) is 6.46. The lowest BCUT2D eigenvalue weighted by Crippen LogP contribution is -2.28. The number of amides is 1. The van der Waals surface area contributed by atoms with Gasteiger partial charge in [-0.3, -0.25) is 4.79 Å². The molecule has 0 unspecified atom stereocenters. The van der Waals surface area contributed by atoms with Gasteiger partial charge in [0, 0.05) is 26.3 Å². The van der Waals surface area contributed by atoms with Crippen LogP contribution in [0.15, 0.2) is 36.5 Å². The van der Waals surface area contributed by atoms with Crippen LogP contribution in [0.25, 0.3) is 0 Å². The number of benzene rings is 1. The molecular weight excluding hydrogens is 257 g/mol. The number of rotatable bonds is 4. The van der Waals surface area contributed by atoms with Crippen molar-refractivity contribution in [2.24, 2.45) is 0 Å². The molecule has 0 atom stereocenters. The van der Waals surface area contributed by atoms with Gasteiger partial charge < -0.3 is 15.2 Å². The minimum absolute atomic E-state index is 0.132. The Morgan fingerprint density at radius 1 is 1.40 bits per heavy atom. The zero-order valence-electron chi connectivity index (χ0n) is 11.6. The van der Waals surface area contributed by atoms with E-state index in [2.05, 4.69) is 0 Å². The summed E-state index contributed by atoms with van der Waals surface area (Å²) in [7, 11) is 1.69. The normalized spacial score (nSPS) is 10.6. The molecule has 1 heterocycles. The highest BCUT2D eigenvalue weighted by molar-refractivity contribution is 5.93. The number of aryl methyl sites for hydroxylation is 1. The van der Waals surface area contributed by atoms with Crippen molar-refractivity contribution >= 4 is 11.6 Å². The first kappa shape index (κ1) is 14.1. The summed E-state index contributed by atoms with van der Waals surface area (Å²) in [6.07, 6.45) is 1.74. The highest BCUT2D eigenvalue weighted by Crippen LogP contribution is 2.14. The summed E-state index contributed by atoms with van der Waals surface area (Å²) in [5.41, 5.74) is 7.59. The molecule has 106 valence electrons. The van der Waals surface area contributed by atoms with Crippen molar-refractivity contribution in [2.45, 2.75) is 20.0 Å². The second kappa shape index (κ2) is 5.77. The number of carbonyl (C=O) groups is 1. The second-order valence-corrected chi connectivity index (χ2v) is 4.74. The van der Waals surface area contributed by atoms with Gasteiger partial charge in [-0.15, -0.1) is 0 Å². The molecule has 2 aromatic rings. The van der Waals surface area contributed by atoms with E-state index in [0.29, 0.717) is 24.5 Å². The monoisotopic (exact) mass is 275 g/mol. The molecule has 0 aliphatic rings. The smallest absolute Gasteiger partial charge is 0.270 e. The van der Waals surface area contributed by atoms with Crippen LogP contribution in [-0.4, -0.2) is 22.4 Å². The Balaban J connectivity index is 2.16. The number of halogens is 1. The van der Waals surface area contributed by atoms with Gasteiger partial charge >= 0.3 is 0 Å². The van der Waals surface area contributed by atoms with Crippen molar-refractivity contribution in [1.29, 1.82) is 0 Å². The molecule has 4 nitrogen and oxygen atoms in total. The lowest BCUT2D eigenvalue weighted by atomic mass is 10.2. The van der Waals surface area contributed by atoms with Gasteiger partial charge in [-0.2, -0.15) is 0 Å². The molecule has 0 aliphatic carbocycles. The van der Waals surface area contributed by atoms with Crippen LogP contribution >= 0.6 is 0 Å². The van der Waals surface area contributed by atoms with E-state index in [1.54, 1.807) is 40.9 Å². The van der Waals surface area contributed by atoms with E-state index in [-0.39, 0.29) is 11.7 Å². The molecule has 1 amide bonds. The van der Waals surface area contributed by atoms with Crippen LogP contribution in [0.2, 0.25) is 0 Å². The van der Waals surface area contributed by atoms with Crippen LogP contribution in [0, 0.1) is 5.82 Å². The third-order valence-electron chi connectivity index (χ3n) is 3.13. The van der Waals surface area contributed by atoms with Crippen LogP contribution < -0.4 is 5.73 Å². The van der Waals surface area contributed by atoms with Crippen LogP contribution in [0.1, 0.15) is 23.0 Å². The summed E-state index contributed by atoms with van der Waals surface area (Å²) in [5, 5.41) is 0. The predicted molar refractivity (Wildman–Crippen MR) is 76.7 cm³/mol. The summed E-state index contributed by atoms with van der Waals surface area (Å²) in [6, 6.07) is 7.90. The number of hydrogen-bond donors (Lipinski definition) is 1. The Kier molecular flexibility index (Phi) is 4.08. The van der Waals surface area contributed by atoms with Crippen LogP contribution in [0.5, 0.6) is 0 Å². The largest absolute Gasteiger partial charge is 0.397 e. The van der Waals surface area contributed by atoms with E-state index in [4.69, 9.17) is 5.73 Å². The van der Waals surface area contributed by atoms with Crippen LogP contribution in [0.4, 0.5) is 10.1 Å². The van der Waals surface area contributed by atoms with Gasteiger partial charge in [0.15, 0.2) is 0 Å². The van der Waals surface area contributed by atoms with E-state index in [9.17, 15) is 9.18 Å². The van der Waals surface area contributed by atoms with Crippen molar-refractivity contribution in [1.82, 2.24) is 9.47 Å². The van der Waals surface area contributed by atoms with Gasteiger partial charge in [0.05, 0.1) is 5.69 Å². The van der Waals surface area contributed by atoms with Crippen LogP contribution in [0.3, 0.4) is 0 Å². The Morgan fingerprint density at radius 3 is 2.80 bits per heavy atom. The zero-order valence-corrected chi connectivity index (χ0v) is 11.6. The highest BCUT2D eigenvalue weighted by Gasteiger charge is 2.16. The van der Waals surface area contributed by atoms with Crippen LogP contribution in [-0.2, 0) is 13.1 Å². The quantitative estimate of drug-likeness (QED) is 0.932. The predicted octanol–water partition coefficient (Wildman–Crippen LogP) is 2.50. The summed E-state index contributed by atoms with van der Waals surface area (Å²) < 4.78 is 14.9. The molecule has 20 heavy (non-hydrogen) atoms. The molecule has 0 bridgehead atoms. The van der Waals surface area contributed by atoms with E-state index in [0.717, 1.165) is 5.56 Å². The Hall–Kier alpha value is -2.30. The molecule has 2 rings (SSSR count). The first-order valence-electron chi connectivity index (χ1n) is 6.46. The molecule has 0 fully saturated rings. The average molecular weight is 275 g/mol. The minimum atomic E-state index is -0.301. The van der Waals surface area contributed by atoms with E-state index in [1.807, 2.05) is 6.92 Å². The van der Waals surface area contributed by atoms with Crippen molar-refractivity contribution in [3.8, 4) is 0 Å². The molecule has 0 saturated heterocycles. The molecule has 0 spiro atoms. The van der Waals surface area contributed by atoms with Gasteiger partial charge in [0.25, 0.3) is 5.91 Å². The third kappa shape index (κ3) is 2.99. The molecule has 2 N–H and O–H groups in total. The average Bonchev–Trinajstić information content (AvgIpc) is 2.79. The molecule has 5 heteroatoms. The molecule has 1 aromatic heterocycles. The Bertz CT molecular complexity index is 621. The standard InChI is InChI=1S/C15H18FN3O/c1-3-19-10-13(17)8-14(19)15(20)18(2)9-11-5-4-6-12(16)7-11/h4-8,10H,3,9,17H2,1-2H3. The number of aromatic nitrogens is 1. The lowest BCUT2D eigenvalue weighted by molar-refractivity contribution is 0.0774. The lowest BCUT2D eigenvalue weighted by Gasteiger charge is -2.18. The van der Waals surface area contributed by atoms with Gasteiger partial charge in [0.2, 0.25) is 0 Å². The fourth-order valence-corrected chi connectivity index (χ4v) is 2.15. The van der Waals surface area contributed by atoms with E-state index < -0.39 is 0 Å². The molecular formula is C15H18FN3O. The third-order valence-corrected chi connectivity index (χ3v) is 3.13. The van der Waals surface area contributed by atoms with E-state index >= 15 is 0 Å². The minimum Gasteiger partial charge on any atom is -0.397 e. The van der Waals surface area contributed by atoms with Crippen molar-refractivity contribution < 1.29 is 9.18 Å². The maximum Gasteiger partial charge on any atom is 0.270 e. The second-order valence-electron chi connectivity index (χ2n) is 4.74. The van der Waals surface area contributed by atoms with Crippen molar-refractivity contribution in [3.05, 3.63) is 53.6 Å². The Morgan fingerprint density at radius 2 is 2.15 bits per heavy atom.